The van der Waals surface area contributed by atoms with E-state index in [1.165, 1.54) is 0 Å². The maximum absolute atomic E-state index is 6.19. The van der Waals surface area contributed by atoms with Crippen molar-refractivity contribution in [3.8, 4) is 0 Å². The fourth-order valence-corrected chi connectivity index (χ4v) is 3.07. The Morgan fingerprint density at radius 2 is 2.21 bits per heavy atom. The van der Waals surface area contributed by atoms with Crippen LogP contribution in [0.25, 0.3) is 10.2 Å². The average molecular weight is 290 g/mol. The van der Waals surface area contributed by atoms with E-state index in [1.54, 1.807) is 17.5 Å². The van der Waals surface area contributed by atoms with E-state index < -0.39 is 0 Å². The molecule has 0 unspecified atom stereocenters. The zero-order valence-corrected chi connectivity index (χ0v) is 11.9. The van der Waals surface area contributed by atoms with Gasteiger partial charge >= 0.3 is 0 Å². The summed E-state index contributed by atoms with van der Waals surface area (Å²) in [5.74, 6) is 0. The van der Waals surface area contributed by atoms with Crippen LogP contribution in [0, 0.1) is 6.92 Å². The number of halogens is 1. The number of hydrogen-bond donors (Lipinski definition) is 1. The third kappa shape index (κ3) is 2.55. The molecule has 5 heteroatoms. The number of hydrogen-bond acceptors (Lipinski definition) is 4. The van der Waals surface area contributed by atoms with Gasteiger partial charge in [0.2, 0.25) is 0 Å². The van der Waals surface area contributed by atoms with Crippen molar-refractivity contribution in [3.05, 3.63) is 52.8 Å². The molecule has 2 heterocycles. The minimum atomic E-state index is 0.713. The minimum absolute atomic E-state index is 0.713. The number of pyridine rings is 1. The Hall–Kier alpha value is -1.65. The second-order valence-corrected chi connectivity index (χ2v) is 5.68. The summed E-state index contributed by atoms with van der Waals surface area (Å²) in [7, 11) is 0. The minimum Gasteiger partial charge on any atom is -0.357 e. The normalized spacial score (nSPS) is 10.8. The number of thiazole rings is 1. The van der Waals surface area contributed by atoms with Crippen molar-refractivity contribution < 1.29 is 0 Å². The molecule has 0 atom stereocenters. The summed E-state index contributed by atoms with van der Waals surface area (Å²) in [4.78, 5) is 8.68. The third-order valence-electron chi connectivity index (χ3n) is 2.86. The predicted molar refractivity (Wildman–Crippen MR) is 80.9 cm³/mol. The number of aryl methyl sites for hydroxylation is 1. The number of fused-ring (bicyclic) bond motifs is 1. The second-order valence-electron chi connectivity index (χ2n) is 4.28. The molecule has 2 aromatic heterocycles. The first-order valence-electron chi connectivity index (χ1n) is 5.92. The highest BCUT2D eigenvalue weighted by Gasteiger charge is 2.09. The fourth-order valence-electron chi connectivity index (χ4n) is 1.86. The van der Waals surface area contributed by atoms with Crippen LogP contribution >= 0.6 is 22.9 Å². The van der Waals surface area contributed by atoms with Crippen molar-refractivity contribution >= 4 is 38.3 Å². The van der Waals surface area contributed by atoms with Gasteiger partial charge in [-0.15, -0.1) is 0 Å². The molecule has 1 aromatic carbocycles. The molecule has 3 nitrogen and oxygen atoms in total. The molecule has 0 fully saturated rings. The standard InChI is InChI=1S/C14H12ClN3S/c1-9-4-5-11(15)13-12(9)18-14(19-13)17-8-10-3-2-6-16-7-10/h2-7H,8H2,1H3,(H,17,18). The number of aromatic nitrogens is 2. The highest BCUT2D eigenvalue weighted by atomic mass is 35.5. The van der Waals surface area contributed by atoms with Crippen LogP contribution in [0.3, 0.4) is 0 Å². The summed E-state index contributed by atoms with van der Waals surface area (Å²) in [5, 5.41) is 4.95. The van der Waals surface area contributed by atoms with Crippen LogP contribution in [0.5, 0.6) is 0 Å². The van der Waals surface area contributed by atoms with Gasteiger partial charge in [0.1, 0.15) is 0 Å². The van der Waals surface area contributed by atoms with Crippen LogP contribution in [0.15, 0.2) is 36.7 Å². The first-order valence-corrected chi connectivity index (χ1v) is 7.12. The molecule has 0 spiro atoms. The maximum Gasteiger partial charge on any atom is 0.184 e. The molecule has 1 N–H and O–H groups in total. The van der Waals surface area contributed by atoms with Crippen molar-refractivity contribution in [3.63, 3.8) is 0 Å². The molecule has 0 amide bonds. The first-order chi connectivity index (χ1) is 9.24. The Morgan fingerprint density at radius 1 is 1.32 bits per heavy atom. The first kappa shape index (κ1) is 12.4. The van der Waals surface area contributed by atoms with Crippen LogP contribution in [0.1, 0.15) is 11.1 Å². The summed E-state index contributed by atoms with van der Waals surface area (Å²) in [5.41, 5.74) is 3.25. The molecule has 96 valence electrons. The molecule has 0 radical (unpaired) electrons. The molecule has 0 aliphatic heterocycles. The number of rotatable bonds is 3. The summed E-state index contributed by atoms with van der Waals surface area (Å²) in [6.07, 6.45) is 3.61. The third-order valence-corrected chi connectivity index (χ3v) is 4.34. The van der Waals surface area contributed by atoms with E-state index in [0.717, 1.165) is 31.5 Å². The Kier molecular flexibility index (Phi) is 3.36. The van der Waals surface area contributed by atoms with E-state index in [0.29, 0.717) is 6.54 Å². The van der Waals surface area contributed by atoms with Gasteiger partial charge in [-0.25, -0.2) is 4.98 Å². The van der Waals surface area contributed by atoms with Crippen LogP contribution in [-0.4, -0.2) is 9.97 Å². The van der Waals surface area contributed by atoms with Gasteiger partial charge in [-0.05, 0) is 30.2 Å². The van der Waals surface area contributed by atoms with Crippen LogP contribution in [-0.2, 0) is 6.54 Å². The Bertz CT molecular complexity index is 670. The lowest BCUT2D eigenvalue weighted by Crippen LogP contribution is -1.98. The van der Waals surface area contributed by atoms with Gasteiger partial charge < -0.3 is 5.32 Å². The molecular weight excluding hydrogens is 278 g/mol. The Morgan fingerprint density at radius 3 is 2.95 bits per heavy atom. The maximum atomic E-state index is 6.19. The number of anilines is 1. The zero-order chi connectivity index (χ0) is 13.2. The fraction of sp³-hybridized carbons (Fsp3) is 0.143. The molecular formula is C14H12ClN3S. The topological polar surface area (TPSA) is 37.8 Å². The highest BCUT2D eigenvalue weighted by Crippen LogP contribution is 2.33. The van der Waals surface area contributed by atoms with E-state index in [9.17, 15) is 0 Å². The summed E-state index contributed by atoms with van der Waals surface area (Å²) in [6, 6.07) is 7.87. The molecule has 0 aliphatic carbocycles. The van der Waals surface area contributed by atoms with Crippen molar-refractivity contribution in [2.24, 2.45) is 0 Å². The lowest BCUT2D eigenvalue weighted by molar-refractivity contribution is 1.11. The van der Waals surface area contributed by atoms with E-state index in [-0.39, 0.29) is 0 Å². The van der Waals surface area contributed by atoms with E-state index >= 15 is 0 Å². The van der Waals surface area contributed by atoms with Crippen molar-refractivity contribution in [1.29, 1.82) is 0 Å². The predicted octanol–water partition coefficient (Wildman–Crippen LogP) is 4.27. The molecule has 0 saturated heterocycles. The Labute approximate surface area is 120 Å². The van der Waals surface area contributed by atoms with Crippen molar-refractivity contribution in [2.45, 2.75) is 13.5 Å². The van der Waals surface area contributed by atoms with Crippen LogP contribution in [0.2, 0.25) is 5.02 Å². The summed E-state index contributed by atoms with van der Waals surface area (Å²) < 4.78 is 1.04. The van der Waals surface area contributed by atoms with Gasteiger partial charge in [-0.3, -0.25) is 4.98 Å². The number of benzene rings is 1. The van der Waals surface area contributed by atoms with Crippen LogP contribution < -0.4 is 5.32 Å². The smallest absolute Gasteiger partial charge is 0.184 e. The van der Waals surface area contributed by atoms with E-state index in [2.05, 4.69) is 15.3 Å². The lowest BCUT2D eigenvalue weighted by atomic mass is 10.2. The van der Waals surface area contributed by atoms with Gasteiger partial charge in [-0.1, -0.05) is 35.1 Å². The molecule has 3 rings (SSSR count). The summed E-state index contributed by atoms with van der Waals surface area (Å²) >= 11 is 7.77. The second kappa shape index (κ2) is 5.15. The SMILES string of the molecule is Cc1ccc(Cl)c2sc(NCc3cccnc3)nc12. The van der Waals surface area contributed by atoms with Crippen molar-refractivity contribution in [1.82, 2.24) is 9.97 Å². The number of nitrogens with zero attached hydrogens (tertiary/aromatic N) is 2. The molecule has 3 aromatic rings. The molecule has 19 heavy (non-hydrogen) atoms. The average Bonchev–Trinajstić information content (AvgIpc) is 2.87. The summed E-state index contributed by atoms with van der Waals surface area (Å²) in [6.45, 7) is 2.76. The monoisotopic (exact) mass is 289 g/mol. The van der Waals surface area contributed by atoms with Crippen LogP contribution in [0.4, 0.5) is 5.13 Å². The molecule has 0 aliphatic rings. The number of nitrogens with one attached hydrogen (secondary N) is 1. The van der Waals surface area contributed by atoms with Gasteiger partial charge in [0.05, 0.1) is 15.2 Å². The van der Waals surface area contributed by atoms with E-state index in [4.69, 9.17) is 11.6 Å². The Balaban J connectivity index is 1.86. The van der Waals surface area contributed by atoms with Gasteiger partial charge in [0.15, 0.2) is 5.13 Å². The van der Waals surface area contributed by atoms with E-state index in [1.807, 2.05) is 37.4 Å². The quantitative estimate of drug-likeness (QED) is 0.782. The van der Waals surface area contributed by atoms with Crippen molar-refractivity contribution in [2.75, 3.05) is 5.32 Å². The molecule has 0 bridgehead atoms. The molecule has 0 saturated carbocycles. The largest absolute Gasteiger partial charge is 0.357 e. The van der Waals surface area contributed by atoms with Gasteiger partial charge in [0, 0.05) is 18.9 Å². The lowest BCUT2D eigenvalue weighted by Gasteiger charge is -2.00. The van der Waals surface area contributed by atoms with Gasteiger partial charge in [-0.2, -0.15) is 0 Å². The zero-order valence-electron chi connectivity index (χ0n) is 10.4. The van der Waals surface area contributed by atoms with Gasteiger partial charge in [0.25, 0.3) is 0 Å². The highest BCUT2D eigenvalue weighted by molar-refractivity contribution is 7.22.